The first kappa shape index (κ1) is 38.8. The molecule has 2 N–H and O–H groups in total. The number of sulfonamides is 1. The molecule has 2 heterocycles. The van der Waals surface area contributed by atoms with Gasteiger partial charge in [0.15, 0.2) is 5.76 Å². The van der Waals surface area contributed by atoms with Gasteiger partial charge >= 0.3 is 5.97 Å². The van der Waals surface area contributed by atoms with Crippen LogP contribution < -0.4 is 23.7 Å². The number of ether oxygens (including phenoxy) is 4. The lowest BCUT2D eigenvalue weighted by Gasteiger charge is -2.07. The zero-order valence-corrected chi connectivity index (χ0v) is 31.1. The minimum Gasteiger partial charge on any atom is -0.497 e. The minimum atomic E-state index is -3.66. The van der Waals surface area contributed by atoms with Crippen molar-refractivity contribution in [1.29, 1.82) is 0 Å². The van der Waals surface area contributed by atoms with E-state index in [0.29, 0.717) is 28.6 Å². The van der Waals surface area contributed by atoms with Crippen molar-refractivity contribution >= 4 is 21.9 Å². The van der Waals surface area contributed by atoms with Crippen molar-refractivity contribution in [2.24, 2.45) is 0 Å². The van der Waals surface area contributed by atoms with E-state index >= 15 is 0 Å². The Morgan fingerprint density at radius 2 is 0.926 bits per heavy atom. The van der Waals surface area contributed by atoms with Crippen LogP contribution in [0.25, 0.3) is 22.3 Å². The Bertz CT molecular complexity index is 2290. The van der Waals surface area contributed by atoms with E-state index in [2.05, 4.69) is 0 Å². The SMILES string of the molecule is COc1ccc(-c2ccc(OCc3cc(C(=O)NS(C)(=O)=O)oc3C)cc2)cc1.COc1ccc(-c2ccc(OCc3cc(C(=O)O)oc3C)cc2)cc1. The zero-order chi connectivity index (χ0) is 38.8. The van der Waals surface area contributed by atoms with E-state index in [1.165, 1.54) is 12.1 Å². The average molecular weight is 754 g/mol. The normalized spacial score (nSPS) is 10.8. The number of hydrogen-bond donors (Lipinski definition) is 2. The van der Waals surface area contributed by atoms with Gasteiger partial charge in [-0.3, -0.25) is 4.79 Å². The largest absolute Gasteiger partial charge is 0.497 e. The Hall–Kier alpha value is -6.47. The predicted molar refractivity (Wildman–Crippen MR) is 202 cm³/mol. The highest BCUT2D eigenvalue weighted by Crippen LogP contribution is 2.27. The first-order valence-electron chi connectivity index (χ1n) is 16.5. The molecule has 0 bridgehead atoms. The molecule has 2 aromatic heterocycles. The van der Waals surface area contributed by atoms with Crippen LogP contribution in [-0.2, 0) is 23.2 Å². The summed E-state index contributed by atoms with van der Waals surface area (Å²) in [6.07, 6.45) is 0.903. The molecule has 0 saturated heterocycles. The van der Waals surface area contributed by atoms with E-state index < -0.39 is 21.9 Å². The van der Waals surface area contributed by atoms with E-state index in [-0.39, 0.29) is 24.7 Å². The molecule has 12 nitrogen and oxygen atoms in total. The van der Waals surface area contributed by atoms with Crippen LogP contribution in [-0.4, -0.2) is 45.9 Å². The standard InChI is InChI=1S/C21H21NO6S.C20H18O5/c1-14-17(12-20(28-14)21(23)22-29(3,24)25)13-27-19-10-6-16(7-11-19)15-4-8-18(26-2)9-5-15;1-13-16(11-19(25-13)20(21)22)12-24-18-9-5-15(6-10-18)14-3-7-17(23-2)8-4-14/h4-12H,13H2,1-3H3,(H,22,23);3-11H,12H2,1-2H3,(H,21,22). The number of hydrogen-bond acceptors (Lipinski definition) is 10. The van der Waals surface area contributed by atoms with Crippen molar-refractivity contribution in [1.82, 2.24) is 4.72 Å². The molecule has 0 spiro atoms. The van der Waals surface area contributed by atoms with Gasteiger partial charge in [0.05, 0.1) is 20.5 Å². The van der Waals surface area contributed by atoms with Crippen molar-refractivity contribution < 1.29 is 50.9 Å². The highest BCUT2D eigenvalue weighted by molar-refractivity contribution is 7.89. The van der Waals surface area contributed by atoms with Gasteiger partial charge in [-0.05, 0) is 96.8 Å². The molecule has 0 aliphatic heterocycles. The third-order valence-electron chi connectivity index (χ3n) is 8.10. The van der Waals surface area contributed by atoms with Crippen LogP contribution >= 0.6 is 0 Å². The molecule has 6 rings (SSSR count). The van der Waals surface area contributed by atoms with Crippen molar-refractivity contribution in [2.45, 2.75) is 27.1 Å². The highest BCUT2D eigenvalue weighted by Gasteiger charge is 2.18. The fourth-order valence-corrected chi connectivity index (χ4v) is 5.58. The monoisotopic (exact) mass is 753 g/mol. The summed E-state index contributed by atoms with van der Waals surface area (Å²) in [6.45, 7) is 3.84. The van der Waals surface area contributed by atoms with Gasteiger partial charge in [-0.2, -0.15) is 0 Å². The summed E-state index contributed by atoms with van der Waals surface area (Å²) in [5.74, 6) is 1.95. The second-order valence-corrected chi connectivity index (χ2v) is 13.7. The van der Waals surface area contributed by atoms with Crippen molar-refractivity contribution in [3.8, 4) is 45.3 Å². The molecule has 4 aromatic carbocycles. The lowest BCUT2D eigenvalue weighted by atomic mass is 10.1. The second-order valence-electron chi connectivity index (χ2n) is 12.0. The molecular formula is C41H39NO11S. The molecule has 1 amide bonds. The van der Waals surface area contributed by atoms with Crippen LogP contribution in [0.3, 0.4) is 0 Å². The number of amides is 1. The van der Waals surface area contributed by atoms with E-state index in [1.54, 1.807) is 28.1 Å². The van der Waals surface area contributed by atoms with Crippen LogP contribution in [0.5, 0.6) is 23.0 Å². The fraction of sp³-hybridized carbons (Fsp3) is 0.171. The lowest BCUT2D eigenvalue weighted by Crippen LogP contribution is -2.28. The van der Waals surface area contributed by atoms with Gasteiger partial charge < -0.3 is 32.9 Å². The average Bonchev–Trinajstić information content (AvgIpc) is 3.74. The lowest BCUT2D eigenvalue weighted by molar-refractivity contribution is 0.0660. The number of methoxy groups -OCH3 is 2. The molecule has 0 atom stereocenters. The summed E-state index contributed by atoms with van der Waals surface area (Å²) in [7, 11) is -0.389. The highest BCUT2D eigenvalue weighted by atomic mass is 32.2. The summed E-state index contributed by atoms with van der Waals surface area (Å²) < 4.78 is 56.5. The maximum absolute atomic E-state index is 11.9. The zero-order valence-electron chi connectivity index (χ0n) is 30.2. The predicted octanol–water partition coefficient (Wildman–Crippen LogP) is 8.07. The van der Waals surface area contributed by atoms with Crippen molar-refractivity contribution in [3.05, 3.63) is 143 Å². The van der Waals surface area contributed by atoms with E-state index in [4.69, 9.17) is 32.9 Å². The smallest absolute Gasteiger partial charge is 0.371 e. The van der Waals surface area contributed by atoms with Gasteiger partial charge in [-0.15, -0.1) is 0 Å². The third-order valence-corrected chi connectivity index (χ3v) is 8.65. The molecule has 54 heavy (non-hydrogen) atoms. The summed E-state index contributed by atoms with van der Waals surface area (Å²) in [5.41, 5.74) is 5.63. The quantitative estimate of drug-likeness (QED) is 0.117. The molecule has 6 aromatic rings. The third kappa shape index (κ3) is 10.5. The molecule has 0 fully saturated rings. The number of furan rings is 2. The number of aromatic carboxylic acids is 1. The Kier molecular flexibility index (Phi) is 12.5. The number of rotatable bonds is 13. The number of aryl methyl sites for hydroxylation is 2. The molecule has 0 aliphatic carbocycles. The Labute approximate surface area is 312 Å². The molecule has 0 aliphatic rings. The Morgan fingerprint density at radius 3 is 1.24 bits per heavy atom. The summed E-state index contributed by atoms with van der Waals surface area (Å²) in [4.78, 5) is 22.8. The van der Waals surface area contributed by atoms with E-state index in [9.17, 15) is 18.0 Å². The maximum atomic E-state index is 11.9. The van der Waals surface area contributed by atoms with E-state index in [0.717, 1.165) is 45.6 Å². The van der Waals surface area contributed by atoms with Gasteiger partial charge in [-0.25, -0.2) is 17.9 Å². The van der Waals surface area contributed by atoms with Gasteiger partial charge in [0, 0.05) is 11.1 Å². The first-order chi connectivity index (χ1) is 25.8. The van der Waals surface area contributed by atoms with Crippen LogP contribution in [0.15, 0.2) is 118 Å². The number of carboxylic acids is 1. The molecule has 13 heteroatoms. The summed E-state index contributed by atoms with van der Waals surface area (Å²) >= 11 is 0. The summed E-state index contributed by atoms with van der Waals surface area (Å²) in [5, 5.41) is 8.94. The van der Waals surface area contributed by atoms with E-state index in [1.807, 2.05) is 102 Å². The minimum absolute atomic E-state index is 0.0778. The van der Waals surface area contributed by atoms with Crippen LogP contribution in [0.4, 0.5) is 0 Å². The number of carboxylic acid groups (broad SMARTS) is 1. The van der Waals surface area contributed by atoms with Gasteiger partial charge in [-0.1, -0.05) is 48.5 Å². The second kappa shape index (κ2) is 17.4. The topological polar surface area (TPSA) is 164 Å². The Balaban J connectivity index is 0.000000210. The fourth-order valence-electron chi connectivity index (χ4n) is 5.14. The number of benzene rings is 4. The number of carbonyl (C=O) groups excluding carboxylic acids is 1. The van der Waals surface area contributed by atoms with Crippen LogP contribution in [0.2, 0.25) is 0 Å². The first-order valence-corrected chi connectivity index (χ1v) is 18.4. The molecule has 0 unspecified atom stereocenters. The number of carbonyl (C=O) groups is 2. The molecule has 280 valence electrons. The number of nitrogens with one attached hydrogen (secondary N) is 1. The molecule has 0 radical (unpaired) electrons. The summed E-state index contributed by atoms with van der Waals surface area (Å²) in [6, 6.07) is 33.9. The molecule has 0 saturated carbocycles. The van der Waals surface area contributed by atoms with Gasteiger partial charge in [0.2, 0.25) is 15.8 Å². The molecular weight excluding hydrogens is 715 g/mol. The van der Waals surface area contributed by atoms with Crippen LogP contribution in [0, 0.1) is 13.8 Å². The van der Waals surface area contributed by atoms with Crippen LogP contribution in [0.1, 0.15) is 43.8 Å². The van der Waals surface area contributed by atoms with Gasteiger partial charge in [0.25, 0.3) is 5.91 Å². The maximum Gasteiger partial charge on any atom is 0.371 e. The Morgan fingerprint density at radius 1 is 0.593 bits per heavy atom. The van der Waals surface area contributed by atoms with Gasteiger partial charge in [0.1, 0.15) is 47.7 Å². The van der Waals surface area contributed by atoms with Crippen molar-refractivity contribution in [2.75, 3.05) is 20.5 Å². The van der Waals surface area contributed by atoms with Crippen molar-refractivity contribution in [3.63, 3.8) is 0 Å².